The Morgan fingerprint density at radius 2 is 1.00 bits per heavy atom. The first kappa shape index (κ1) is 21.1. The number of aliphatic carboxylic acids is 2. The van der Waals surface area contributed by atoms with Gasteiger partial charge in [0.05, 0.1) is 0 Å². The van der Waals surface area contributed by atoms with Crippen LogP contribution in [0.1, 0.15) is 49.7 Å². The summed E-state index contributed by atoms with van der Waals surface area (Å²) < 4.78 is 0. The molecule has 0 bridgehead atoms. The van der Waals surface area contributed by atoms with E-state index in [-0.39, 0.29) is 37.5 Å². The minimum atomic E-state index is -0.914. The van der Waals surface area contributed by atoms with E-state index in [4.69, 9.17) is 10.2 Å². The molecule has 8 heteroatoms. The molecule has 1 rings (SSSR count). The predicted octanol–water partition coefficient (Wildman–Crippen LogP) is 1.43. The fraction of sp³-hybridized carbons (Fsp3) is 0.444. The highest BCUT2D eigenvalue weighted by Gasteiger charge is 2.05. The maximum atomic E-state index is 11.6. The standard InChI is InChI=1S/C18H24N2O6/c21-15(3-1-5-17(23)24)19-11-13-7-9-14(10-8-13)12-20-16(22)4-2-6-18(25)26/h7-10H,1-6,11-12H2,(H,19,21)(H,20,22)(H,23,24)(H,25,26). The van der Waals surface area contributed by atoms with Gasteiger partial charge in [0.2, 0.25) is 11.8 Å². The van der Waals surface area contributed by atoms with Crippen LogP contribution in [0, 0.1) is 0 Å². The van der Waals surface area contributed by atoms with Crippen molar-refractivity contribution in [2.24, 2.45) is 0 Å². The topological polar surface area (TPSA) is 133 Å². The van der Waals surface area contributed by atoms with Crippen LogP contribution >= 0.6 is 0 Å². The molecule has 26 heavy (non-hydrogen) atoms. The fourth-order valence-corrected chi connectivity index (χ4v) is 2.15. The second-order valence-electron chi connectivity index (χ2n) is 5.86. The van der Waals surface area contributed by atoms with E-state index < -0.39 is 11.9 Å². The maximum absolute atomic E-state index is 11.6. The lowest BCUT2D eigenvalue weighted by Crippen LogP contribution is -2.23. The zero-order valence-electron chi connectivity index (χ0n) is 14.5. The first-order valence-corrected chi connectivity index (χ1v) is 8.41. The third-order valence-corrected chi connectivity index (χ3v) is 3.59. The highest BCUT2D eigenvalue weighted by molar-refractivity contribution is 5.77. The summed E-state index contributed by atoms with van der Waals surface area (Å²) in [6, 6.07) is 7.35. The summed E-state index contributed by atoms with van der Waals surface area (Å²) in [5.74, 6) is -2.21. The normalized spacial score (nSPS) is 10.2. The molecule has 0 unspecified atom stereocenters. The summed E-state index contributed by atoms with van der Waals surface area (Å²) in [5, 5.41) is 22.5. The molecule has 0 saturated carbocycles. The van der Waals surface area contributed by atoms with Gasteiger partial charge in [-0.15, -0.1) is 0 Å². The van der Waals surface area contributed by atoms with Gasteiger partial charge in [-0.3, -0.25) is 19.2 Å². The van der Waals surface area contributed by atoms with E-state index in [2.05, 4.69) is 10.6 Å². The Hall–Kier alpha value is -2.90. The number of benzene rings is 1. The van der Waals surface area contributed by atoms with Crippen molar-refractivity contribution in [2.45, 2.75) is 51.6 Å². The zero-order chi connectivity index (χ0) is 19.4. The van der Waals surface area contributed by atoms with Crippen molar-refractivity contribution in [3.8, 4) is 0 Å². The summed E-state index contributed by atoms with van der Waals surface area (Å²) in [6.07, 6.45) is 0.934. The van der Waals surface area contributed by atoms with Crippen molar-refractivity contribution in [3.05, 3.63) is 35.4 Å². The molecule has 0 aliphatic rings. The molecule has 2 amide bonds. The molecule has 0 atom stereocenters. The summed E-state index contributed by atoms with van der Waals surface area (Å²) >= 11 is 0. The number of carbonyl (C=O) groups is 4. The van der Waals surface area contributed by atoms with Gasteiger partial charge in [0.15, 0.2) is 0 Å². The highest BCUT2D eigenvalue weighted by Crippen LogP contribution is 2.05. The van der Waals surface area contributed by atoms with E-state index >= 15 is 0 Å². The number of carbonyl (C=O) groups excluding carboxylic acids is 2. The molecule has 0 saturated heterocycles. The summed E-state index contributed by atoms with van der Waals surface area (Å²) in [7, 11) is 0. The Kier molecular flexibility index (Phi) is 9.45. The number of carboxylic acids is 2. The van der Waals surface area contributed by atoms with Crippen LogP contribution in [0.2, 0.25) is 0 Å². The largest absolute Gasteiger partial charge is 0.481 e. The van der Waals surface area contributed by atoms with Gasteiger partial charge in [-0.1, -0.05) is 24.3 Å². The zero-order valence-corrected chi connectivity index (χ0v) is 14.5. The number of amides is 2. The SMILES string of the molecule is O=C(O)CCCC(=O)NCc1ccc(CNC(=O)CCCC(=O)O)cc1. The predicted molar refractivity (Wildman–Crippen MR) is 93.1 cm³/mol. The van der Waals surface area contributed by atoms with Crippen LogP contribution in [0.3, 0.4) is 0 Å². The number of hydrogen-bond donors (Lipinski definition) is 4. The molecule has 4 N–H and O–H groups in total. The molecule has 0 radical (unpaired) electrons. The molecule has 0 aromatic heterocycles. The van der Waals surface area contributed by atoms with Crippen LogP contribution < -0.4 is 10.6 Å². The second kappa shape index (κ2) is 11.6. The number of nitrogens with one attached hydrogen (secondary N) is 2. The van der Waals surface area contributed by atoms with E-state index in [1.165, 1.54) is 0 Å². The lowest BCUT2D eigenvalue weighted by Gasteiger charge is -2.08. The molecule has 0 aliphatic heterocycles. The maximum Gasteiger partial charge on any atom is 0.303 e. The Balaban J connectivity index is 2.26. The van der Waals surface area contributed by atoms with E-state index in [0.29, 0.717) is 25.9 Å². The third-order valence-electron chi connectivity index (χ3n) is 3.59. The van der Waals surface area contributed by atoms with Crippen molar-refractivity contribution < 1.29 is 29.4 Å². The third kappa shape index (κ3) is 10.1. The van der Waals surface area contributed by atoms with Crippen molar-refractivity contribution in [1.82, 2.24) is 10.6 Å². The van der Waals surface area contributed by atoms with Gasteiger partial charge < -0.3 is 20.8 Å². The monoisotopic (exact) mass is 364 g/mol. The van der Waals surface area contributed by atoms with Crippen LogP contribution in [-0.4, -0.2) is 34.0 Å². The minimum Gasteiger partial charge on any atom is -0.481 e. The summed E-state index contributed by atoms with van der Waals surface area (Å²) in [6.45, 7) is 0.710. The Bertz CT molecular complexity index is 572. The second-order valence-corrected chi connectivity index (χ2v) is 5.86. The Morgan fingerprint density at radius 3 is 1.31 bits per heavy atom. The minimum absolute atomic E-state index is 0.0237. The van der Waals surface area contributed by atoms with E-state index in [1.807, 2.05) is 24.3 Å². The summed E-state index contributed by atoms with van der Waals surface area (Å²) in [4.78, 5) is 43.9. The van der Waals surface area contributed by atoms with Gasteiger partial charge >= 0.3 is 11.9 Å². The van der Waals surface area contributed by atoms with Crippen LogP contribution in [0.15, 0.2) is 24.3 Å². The molecule has 0 spiro atoms. The van der Waals surface area contributed by atoms with E-state index in [0.717, 1.165) is 11.1 Å². The van der Waals surface area contributed by atoms with Crippen molar-refractivity contribution in [2.75, 3.05) is 0 Å². The van der Waals surface area contributed by atoms with Crippen molar-refractivity contribution in [3.63, 3.8) is 0 Å². The molecule has 0 aliphatic carbocycles. The van der Waals surface area contributed by atoms with Gasteiger partial charge in [-0.25, -0.2) is 0 Å². The van der Waals surface area contributed by atoms with Crippen molar-refractivity contribution >= 4 is 23.8 Å². The Morgan fingerprint density at radius 1 is 0.654 bits per heavy atom. The average Bonchev–Trinajstić information content (AvgIpc) is 2.58. The van der Waals surface area contributed by atoms with Gasteiger partial charge in [-0.2, -0.15) is 0 Å². The van der Waals surface area contributed by atoms with Crippen LogP contribution in [-0.2, 0) is 32.3 Å². The van der Waals surface area contributed by atoms with Crippen LogP contribution in [0.5, 0.6) is 0 Å². The molecule has 0 fully saturated rings. The molecular formula is C18H24N2O6. The highest BCUT2D eigenvalue weighted by atomic mass is 16.4. The fourth-order valence-electron chi connectivity index (χ4n) is 2.15. The quantitative estimate of drug-likeness (QED) is 0.443. The molecule has 0 heterocycles. The van der Waals surface area contributed by atoms with Gasteiger partial charge in [0, 0.05) is 38.8 Å². The molecule has 142 valence electrons. The lowest BCUT2D eigenvalue weighted by molar-refractivity contribution is -0.138. The average molecular weight is 364 g/mol. The molecule has 1 aromatic rings. The summed E-state index contributed by atoms with van der Waals surface area (Å²) in [5.41, 5.74) is 1.79. The molecule has 1 aromatic carbocycles. The van der Waals surface area contributed by atoms with Crippen LogP contribution in [0.4, 0.5) is 0 Å². The van der Waals surface area contributed by atoms with Crippen LogP contribution in [0.25, 0.3) is 0 Å². The first-order valence-electron chi connectivity index (χ1n) is 8.41. The number of rotatable bonds is 12. The van der Waals surface area contributed by atoms with Crippen molar-refractivity contribution in [1.29, 1.82) is 0 Å². The molecular weight excluding hydrogens is 340 g/mol. The van der Waals surface area contributed by atoms with Gasteiger partial charge in [0.1, 0.15) is 0 Å². The van der Waals surface area contributed by atoms with Gasteiger partial charge in [-0.05, 0) is 24.0 Å². The number of hydrogen-bond acceptors (Lipinski definition) is 4. The van der Waals surface area contributed by atoms with E-state index in [1.54, 1.807) is 0 Å². The Labute approximate surface area is 151 Å². The number of carboxylic acid groups (broad SMARTS) is 2. The van der Waals surface area contributed by atoms with Gasteiger partial charge in [0.25, 0.3) is 0 Å². The lowest BCUT2D eigenvalue weighted by atomic mass is 10.1. The smallest absolute Gasteiger partial charge is 0.303 e. The first-order chi connectivity index (χ1) is 12.4. The molecule has 8 nitrogen and oxygen atoms in total. The van der Waals surface area contributed by atoms with E-state index in [9.17, 15) is 19.2 Å².